The van der Waals surface area contributed by atoms with Crippen LogP contribution < -0.4 is 10.1 Å². The second-order valence-electron chi connectivity index (χ2n) is 11.4. The molecule has 4 amide bonds. The van der Waals surface area contributed by atoms with Crippen LogP contribution in [0.4, 0.5) is 4.79 Å². The number of aryl methyl sites for hydroxylation is 1. The van der Waals surface area contributed by atoms with Crippen LogP contribution in [0.15, 0.2) is 24.3 Å². The highest BCUT2D eigenvalue weighted by Crippen LogP contribution is 2.28. The topological polar surface area (TPSA) is 168 Å². The van der Waals surface area contributed by atoms with Crippen LogP contribution in [0.3, 0.4) is 0 Å². The summed E-state index contributed by atoms with van der Waals surface area (Å²) in [6, 6.07) is 5.68. The van der Waals surface area contributed by atoms with Crippen LogP contribution in [0.25, 0.3) is 10.9 Å². The molecule has 2 aromatic rings. The summed E-state index contributed by atoms with van der Waals surface area (Å²) in [6.45, 7) is 8.77. The van der Waals surface area contributed by atoms with Gasteiger partial charge in [-0.25, -0.2) is 9.78 Å². The lowest BCUT2D eigenvalue weighted by Gasteiger charge is -2.35. The third-order valence-corrected chi connectivity index (χ3v) is 7.59. The van der Waals surface area contributed by atoms with E-state index >= 15 is 0 Å². The molecule has 0 aliphatic carbocycles. The van der Waals surface area contributed by atoms with Gasteiger partial charge >= 0.3 is 12.1 Å². The van der Waals surface area contributed by atoms with E-state index in [0.29, 0.717) is 17.5 Å². The van der Waals surface area contributed by atoms with E-state index in [0.717, 1.165) is 5.56 Å². The highest BCUT2D eigenvalue weighted by molar-refractivity contribution is 5.99. The number of hydrogen-bond donors (Lipinski definition) is 2. The Morgan fingerprint density at radius 1 is 1.09 bits per heavy atom. The van der Waals surface area contributed by atoms with Crippen molar-refractivity contribution in [3.8, 4) is 5.75 Å². The lowest BCUT2D eigenvalue weighted by Crippen LogP contribution is -2.56. The molecule has 0 bridgehead atoms. The van der Waals surface area contributed by atoms with E-state index in [1.807, 2.05) is 26.8 Å². The highest BCUT2D eigenvalue weighted by Gasteiger charge is 2.37. The van der Waals surface area contributed by atoms with Gasteiger partial charge in [0.05, 0.1) is 24.3 Å². The maximum absolute atomic E-state index is 13.5. The molecule has 2 aliphatic rings. The predicted molar refractivity (Wildman–Crippen MR) is 157 cm³/mol. The van der Waals surface area contributed by atoms with Crippen LogP contribution >= 0.6 is 0 Å². The summed E-state index contributed by atoms with van der Waals surface area (Å²) in [5.74, 6) is -2.30. The zero-order valence-corrected chi connectivity index (χ0v) is 25.5. The second-order valence-corrected chi connectivity index (χ2v) is 11.4. The standard InChI is InChI=1S/C30H39N5O9/c1-5-43-29(41)34-12-10-33(11-13-34)28(40)21(8-9-26(37)38)32-27(39)23-15-24(20-7-6-19(2)14-22(20)31-23)44-16-25(36)35-18-42-17-30(35,3)4/h6-7,14-15,21H,5,8-13,16-18H2,1-4H3,(H,32,39)(H,37,38). The molecule has 2 fully saturated rings. The van der Waals surface area contributed by atoms with E-state index < -0.39 is 35.5 Å². The first-order valence-corrected chi connectivity index (χ1v) is 14.5. The SMILES string of the molecule is CCOC(=O)N1CCN(C(=O)C(CCC(=O)O)NC(=O)c2cc(OCC(=O)N3COCC3(C)C)c3ccc(C)cc3n2)CC1. The number of carbonyl (C=O) groups is 5. The van der Waals surface area contributed by atoms with E-state index in [2.05, 4.69) is 10.3 Å². The van der Waals surface area contributed by atoms with Crippen LogP contribution in [-0.2, 0) is 23.9 Å². The molecule has 1 aromatic carbocycles. The predicted octanol–water partition coefficient (Wildman–Crippen LogP) is 1.78. The molecule has 3 heterocycles. The third-order valence-electron chi connectivity index (χ3n) is 7.59. The number of nitrogens with zero attached hydrogens (tertiary/aromatic N) is 4. The number of benzene rings is 1. The van der Waals surface area contributed by atoms with Gasteiger partial charge in [-0.15, -0.1) is 0 Å². The van der Waals surface area contributed by atoms with Gasteiger partial charge < -0.3 is 39.3 Å². The zero-order valence-electron chi connectivity index (χ0n) is 25.5. The number of rotatable bonds is 10. The van der Waals surface area contributed by atoms with Crippen LogP contribution in [0.1, 0.15) is 49.7 Å². The van der Waals surface area contributed by atoms with Crippen LogP contribution in [0.5, 0.6) is 5.75 Å². The Labute approximate surface area is 255 Å². The van der Waals surface area contributed by atoms with Crippen LogP contribution in [0.2, 0.25) is 0 Å². The summed E-state index contributed by atoms with van der Waals surface area (Å²) in [6.07, 6.45) is -0.960. The van der Waals surface area contributed by atoms with Crippen molar-refractivity contribution in [2.24, 2.45) is 0 Å². The zero-order chi connectivity index (χ0) is 32.0. The summed E-state index contributed by atoms with van der Waals surface area (Å²) in [4.78, 5) is 72.3. The summed E-state index contributed by atoms with van der Waals surface area (Å²) in [5, 5.41) is 12.5. The minimum absolute atomic E-state index is 0.0596. The van der Waals surface area contributed by atoms with Crippen LogP contribution in [-0.4, -0.2) is 119 Å². The van der Waals surface area contributed by atoms with Gasteiger partial charge in [-0.3, -0.25) is 19.2 Å². The largest absolute Gasteiger partial charge is 0.483 e. The van der Waals surface area contributed by atoms with Crippen molar-refractivity contribution in [3.05, 3.63) is 35.5 Å². The van der Waals surface area contributed by atoms with Gasteiger partial charge in [-0.2, -0.15) is 0 Å². The minimum atomic E-state index is -1.15. The number of aliphatic carboxylic acids is 1. The first-order valence-electron chi connectivity index (χ1n) is 14.5. The van der Waals surface area contributed by atoms with Gasteiger partial charge in [0.2, 0.25) is 5.91 Å². The molecule has 1 aromatic heterocycles. The van der Waals surface area contributed by atoms with E-state index in [1.165, 1.54) is 15.9 Å². The molecule has 1 unspecified atom stereocenters. The molecule has 4 rings (SSSR count). The summed E-state index contributed by atoms with van der Waals surface area (Å²) in [7, 11) is 0. The number of carboxylic acid groups (broad SMARTS) is 1. The number of fused-ring (bicyclic) bond motifs is 1. The maximum atomic E-state index is 13.5. The van der Waals surface area contributed by atoms with E-state index in [-0.39, 0.29) is 76.3 Å². The molecule has 14 heteroatoms. The van der Waals surface area contributed by atoms with Gasteiger partial charge in [-0.05, 0) is 51.8 Å². The van der Waals surface area contributed by atoms with Gasteiger partial charge in [0.15, 0.2) is 6.61 Å². The fourth-order valence-electron chi connectivity index (χ4n) is 5.11. The van der Waals surface area contributed by atoms with Gasteiger partial charge in [0.1, 0.15) is 24.2 Å². The number of carboxylic acids is 1. The Kier molecular flexibility index (Phi) is 10.2. The number of nitrogens with one attached hydrogen (secondary N) is 1. The van der Waals surface area contributed by atoms with E-state index in [1.54, 1.807) is 24.0 Å². The molecule has 0 saturated carbocycles. The van der Waals surface area contributed by atoms with Gasteiger partial charge in [0, 0.05) is 44.1 Å². The van der Waals surface area contributed by atoms with Crippen molar-refractivity contribution in [1.29, 1.82) is 0 Å². The molecule has 1 atom stereocenters. The van der Waals surface area contributed by atoms with Gasteiger partial charge in [-0.1, -0.05) is 6.07 Å². The van der Waals surface area contributed by atoms with Crippen molar-refractivity contribution in [1.82, 2.24) is 25.0 Å². The molecule has 0 spiro atoms. The number of carbonyl (C=O) groups excluding carboxylic acids is 4. The van der Waals surface area contributed by atoms with Gasteiger partial charge in [0.25, 0.3) is 11.8 Å². The molecule has 2 N–H and O–H groups in total. The van der Waals surface area contributed by atoms with Crippen LogP contribution in [0, 0.1) is 6.92 Å². The minimum Gasteiger partial charge on any atom is -0.483 e. The quantitative estimate of drug-likeness (QED) is 0.403. The average molecular weight is 614 g/mol. The second kappa shape index (κ2) is 13.9. The molecule has 14 nitrogen and oxygen atoms in total. The molecule has 0 radical (unpaired) electrons. The Hall–Kier alpha value is -4.46. The highest BCUT2D eigenvalue weighted by atomic mass is 16.6. The van der Waals surface area contributed by atoms with E-state index in [4.69, 9.17) is 14.2 Å². The first-order chi connectivity index (χ1) is 20.9. The summed E-state index contributed by atoms with van der Waals surface area (Å²) < 4.78 is 16.4. The fraction of sp³-hybridized carbons (Fsp3) is 0.533. The normalized spacial score (nSPS) is 16.9. The third kappa shape index (κ3) is 7.73. The Morgan fingerprint density at radius 3 is 2.43 bits per heavy atom. The number of pyridine rings is 1. The number of aromatic nitrogens is 1. The molecule has 44 heavy (non-hydrogen) atoms. The first kappa shape index (κ1) is 32.5. The fourth-order valence-corrected chi connectivity index (χ4v) is 5.11. The molecular weight excluding hydrogens is 574 g/mol. The maximum Gasteiger partial charge on any atom is 0.409 e. The Balaban J connectivity index is 1.52. The molecular formula is C30H39N5O9. The molecule has 2 aliphatic heterocycles. The smallest absolute Gasteiger partial charge is 0.409 e. The lowest BCUT2D eigenvalue weighted by atomic mass is 10.1. The lowest BCUT2D eigenvalue weighted by molar-refractivity contribution is -0.139. The van der Waals surface area contributed by atoms with Crippen molar-refractivity contribution >= 4 is 40.7 Å². The number of piperazine rings is 1. The summed E-state index contributed by atoms with van der Waals surface area (Å²) >= 11 is 0. The Morgan fingerprint density at radius 2 is 1.80 bits per heavy atom. The average Bonchev–Trinajstić information content (AvgIpc) is 3.35. The molecule has 2 saturated heterocycles. The number of amides is 4. The number of hydrogen-bond acceptors (Lipinski definition) is 9. The molecule has 238 valence electrons. The van der Waals surface area contributed by atoms with E-state index in [9.17, 15) is 29.1 Å². The van der Waals surface area contributed by atoms with Crippen molar-refractivity contribution in [3.63, 3.8) is 0 Å². The monoisotopic (exact) mass is 613 g/mol. The number of ether oxygens (including phenoxy) is 3. The van der Waals surface area contributed by atoms with Crippen molar-refractivity contribution < 1.29 is 43.3 Å². The Bertz CT molecular complexity index is 1420. The van der Waals surface area contributed by atoms with Crippen molar-refractivity contribution in [2.75, 3.05) is 52.7 Å². The van der Waals surface area contributed by atoms with Crippen molar-refractivity contribution in [2.45, 2.75) is 52.1 Å². The summed E-state index contributed by atoms with van der Waals surface area (Å²) in [5.41, 5.74) is 0.799.